The standard InChI is InChI=1S/C25H36N4O5/c1-6-33-20-9-7-8-10-21(20)34-18-14-23(30)29(15-18)19(13-17(2)3)24(31)28-22(26)11-12-27-16-25(4,5)32/h7-12,14,17,19,27,32H,6,13,15-16H2,1-5H3,(H2,26,28,31)/b12-11-. The molecule has 0 fully saturated rings. The zero-order chi connectivity index (χ0) is 25.3. The molecule has 0 aliphatic carbocycles. The van der Waals surface area contributed by atoms with Gasteiger partial charge in [0, 0.05) is 18.8 Å². The van der Waals surface area contributed by atoms with Crippen LogP contribution >= 0.6 is 0 Å². The molecule has 2 rings (SSSR count). The third-order valence-corrected chi connectivity index (χ3v) is 4.79. The number of nitrogens with two attached hydrogens (primary N) is 1. The van der Waals surface area contributed by atoms with Crippen LogP contribution in [0.2, 0.25) is 0 Å². The largest absolute Gasteiger partial charge is 0.490 e. The number of hydrogen-bond acceptors (Lipinski definition) is 6. The Hall–Kier alpha value is -3.33. The smallest absolute Gasteiger partial charge is 0.270 e. The maximum Gasteiger partial charge on any atom is 0.270 e. The maximum atomic E-state index is 13.0. The number of amides is 2. The van der Waals surface area contributed by atoms with Crippen molar-refractivity contribution in [3.63, 3.8) is 0 Å². The van der Waals surface area contributed by atoms with E-state index in [0.29, 0.717) is 36.8 Å². The second-order valence-corrected chi connectivity index (χ2v) is 9.11. The fourth-order valence-corrected chi connectivity index (χ4v) is 3.29. The number of hydrogen-bond donors (Lipinski definition) is 3. The Morgan fingerprint density at radius 1 is 1.32 bits per heavy atom. The lowest BCUT2D eigenvalue weighted by atomic mass is 10.0. The van der Waals surface area contributed by atoms with E-state index in [4.69, 9.17) is 15.2 Å². The van der Waals surface area contributed by atoms with Gasteiger partial charge in [0.05, 0.1) is 18.8 Å². The molecular weight excluding hydrogens is 436 g/mol. The van der Waals surface area contributed by atoms with Gasteiger partial charge >= 0.3 is 0 Å². The fourth-order valence-electron chi connectivity index (χ4n) is 3.29. The van der Waals surface area contributed by atoms with Gasteiger partial charge in [0.25, 0.3) is 11.8 Å². The third-order valence-electron chi connectivity index (χ3n) is 4.79. The quantitative estimate of drug-likeness (QED) is 0.315. The van der Waals surface area contributed by atoms with E-state index in [0.717, 1.165) is 0 Å². The third kappa shape index (κ3) is 8.55. The Morgan fingerprint density at radius 2 is 2.00 bits per heavy atom. The normalized spacial score (nSPS) is 15.6. The highest BCUT2D eigenvalue weighted by atomic mass is 16.5. The van der Waals surface area contributed by atoms with Gasteiger partial charge in [-0.1, -0.05) is 26.0 Å². The first-order chi connectivity index (χ1) is 16.0. The van der Waals surface area contributed by atoms with E-state index in [9.17, 15) is 14.7 Å². The number of ether oxygens (including phenoxy) is 2. The Kier molecular flexibility index (Phi) is 9.68. The summed E-state index contributed by atoms with van der Waals surface area (Å²) in [4.78, 5) is 31.2. The highest BCUT2D eigenvalue weighted by molar-refractivity contribution is 6.03. The minimum absolute atomic E-state index is 0.00345. The first kappa shape index (κ1) is 26.9. The molecule has 0 aromatic heterocycles. The first-order valence-corrected chi connectivity index (χ1v) is 11.4. The Labute approximate surface area is 201 Å². The summed E-state index contributed by atoms with van der Waals surface area (Å²) in [6.45, 7) is 10.1. The fraction of sp³-hybridized carbons (Fsp3) is 0.480. The predicted molar refractivity (Wildman–Crippen MR) is 131 cm³/mol. The van der Waals surface area contributed by atoms with Gasteiger partial charge in [-0.15, -0.1) is 0 Å². The lowest BCUT2D eigenvalue weighted by Crippen LogP contribution is -2.43. The van der Waals surface area contributed by atoms with Crippen LogP contribution < -0.4 is 20.5 Å². The van der Waals surface area contributed by atoms with Crippen molar-refractivity contribution in [3.8, 4) is 11.5 Å². The molecule has 1 aliphatic heterocycles. The Morgan fingerprint density at radius 3 is 2.62 bits per heavy atom. The van der Waals surface area contributed by atoms with Crippen molar-refractivity contribution in [1.82, 2.24) is 10.2 Å². The summed E-state index contributed by atoms with van der Waals surface area (Å²) in [5, 5.41) is 12.6. The van der Waals surface area contributed by atoms with Crippen LogP contribution in [-0.4, -0.2) is 59.0 Å². The highest BCUT2D eigenvalue weighted by Crippen LogP contribution is 2.30. The van der Waals surface area contributed by atoms with Gasteiger partial charge in [-0.05, 0) is 51.3 Å². The van der Waals surface area contributed by atoms with E-state index in [1.165, 1.54) is 23.3 Å². The molecule has 0 saturated carbocycles. The molecule has 2 amide bonds. The summed E-state index contributed by atoms with van der Waals surface area (Å²) >= 11 is 0. The number of para-hydroxylation sites is 2. The van der Waals surface area contributed by atoms with E-state index in [-0.39, 0.29) is 24.2 Å². The zero-order valence-electron chi connectivity index (χ0n) is 20.6. The number of aliphatic hydroxyl groups is 1. The summed E-state index contributed by atoms with van der Waals surface area (Å²) in [6.07, 6.45) is 4.78. The molecule has 4 N–H and O–H groups in total. The molecule has 0 saturated heterocycles. The van der Waals surface area contributed by atoms with Crippen molar-refractivity contribution in [2.45, 2.75) is 52.7 Å². The number of rotatable bonds is 12. The molecule has 9 nitrogen and oxygen atoms in total. The molecule has 0 spiro atoms. The van der Waals surface area contributed by atoms with Crippen LogP contribution in [0.1, 0.15) is 41.0 Å². The van der Waals surface area contributed by atoms with Crippen LogP contribution in [0, 0.1) is 5.92 Å². The molecule has 1 aromatic carbocycles. The number of carbonyl (C=O) groups excluding carboxylic acids is 2. The molecule has 1 aromatic rings. The van der Waals surface area contributed by atoms with Crippen LogP contribution in [0.4, 0.5) is 0 Å². The molecule has 1 atom stereocenters. The average molecular weight is 473 g/mol. The Bertz CT molecular complexity index is 947. The lowest BCUT2D eigenvalue weighted by molar-refractivity contribution is -0.134. The van der Waals surface area contributed by atoms with Crippen LogP contribution in [0.15, 0.2) is 53.4 Å². The zero-order valence-corrected chi connectivity index (χ0v) is 20.6. The monoisotopic (exact) mass is 472 g/mol. The summed E-state index contributed by atoms with van der Waals surface area (Å²) in [7, 11) is 0. The van der Waals surface area contributed by atoms with Gasteiger partial charge in [0.2, 0.25) is 0 Å². The van der Waals surface area contributed by atoms with E-state index in [2.05, 4.69) is 10.3 Å². The number of nitrogens with zero attached hydrogens (tertiary/aromatic N) is 2. The summed E-state index contributed by atoms with van der Waals surface area (Å²) < 4.78 is 11.5. The van der Waals surface area contributed by atoms with E-state index >= 15 is 0 Å². The molecule has 0 radical (unpaired) electrons. The van der Waals surface area contributed by atoms with Crippen molar-refractivity contribution in [1.29, 1.82) is 0 Å². The molecule has 34 heavy (non-hydrogen) atoms. The van der Waals surface area contributed by atoms with Gasteiger partial charge in [0.1, 0.15) is 17.6 Å². The number of aliphatic imine (C=N–C) groups is 1. The summed E-state index contributed by atoms with van der Waals surface area (Å²) in [6, 6.07) is 6.44. The van der Waals surface area contributed by atoms with Gasteiger partial charge in [0.15, 0.2) is 11.5 Å². The van der Waals surface area contributed by atoms with Crippen LogP contribution in [-0.2, 0) is 9.59 Å². The highest BCUT2D eigenvalue weighted by Gasteiger charge is 2.35. The summed E-state index contributed by atoms with van der Waals surface area (Å²) in [5.74, 6) is 0.827. The van der Waals surface area contributed by atoms with Crippen LogP contribution in [0.25, 0.3) is 0 Å². The Balaban J connectivity index is 2.11. The van der Waals surface area contributed by atoms with E-state index in [1.807, 2.05) is 32.9 Å². The van der Waals surface area contributed by atoms with Crippen molar-refractivity contribution >= 4 is 17.6 Å². The SMILES string of the molecule is CCOc1ccccc1OC1=CC(=O)N(C(CC(C)C)C(=O)N=C(N)/C=C\NCC(C)(C)O)C1. The van der Waals surface area contributed by atoms with Gasteiger partial charge in [-0.25, -0.2) is 0 Å². The van der Waals surface area contributed by atoms with E-state index in [1.54, 1.807) is 26.0 Å². The lowest BCUT2D eigenvalue weighted by Gasteiger charge is -2.27. The molecule has 186 valence electrons. The van der Waals surface area contributed by atoms with Crippen molar-refractivity contribution < 1.29 is 24.2 Å². The number of amidine groups is 1. The van der Waals surface area contributed by atoms with Crippen molar-refractivity contribution in [2.75, 3.05) is 19.7 Å². The molecule has 1 heterocycles. The van der Waals surface area contributed by atoms with Gasteiger partial charge < -0.3 is 30.5 Å². The van der Waals surface area contributed by atoms with E-state index < -0.39 is 17.6 Å². The minimum atomic E-state index is -0.888. The minimum Gasteiger partial charge on any atom is -0.490 e. The first-order valence-electron chi connectivity index (χ1n) is 11.4. The molecular formula is C25H36N4O5. The number of benzene rings is 1. The molecule has 0 bridgehead atoms. The molecule has 9 heteroatoms. The molecule has 1 unspecified atom stereocenters. The second kappa shape index (κ2) is 12.2. The van der Waals surface area contributed by atoms with Crippen molar-refractivity contribution in [3.05, 3.63) is 48.4 Å². The van der Waals surface area contributed by atoms with Crippen LogP contribution in [0.5, 0.6) is 11.5 Å². The average Bonchev–Trinajstić information content (AvgIpc) is 3.10. The van der Waals surface area contributed by atoms with Gasteiger partial charge in [-0.3, -0.25) is 9.59 Å². The predicted octanol–water partition coefficient (Wildman–Crippen LogP) is 2.36. The summed E-state index contributed by atoms with van der Waals surface area (Å²) in [5.41, 5.74) is 5.00. The van der Waals surface area contributed by atoms with Crippen LogP contribution in [0.3, 0.4) is 0 Å². The van der Waals surface area contributed by atoms with Gasteiger partial charge in [-0.2, -0.15) is 4.99 Å². The second-order valence-electron chi connectivity index (χ2n) is 9.11. The number of nitrogens with one attached hydrogen (secondary N) is 1. The maximum absolute atomic E-state index is 13.0. The number of carbonyl (C=O) groups is 2. The topological polar surface area (TPSA) is 126 Å². The molecule has 1 aliphatic rings. The van der Waals surface area contributed by atoms with Crippen molar-refractivity contribution in [2.24, 2.45) is 16.6 Å².